The Bertz CT molecular complexity index is 420. The summed E-state index contributed by atoms with van der Waals surface area (Å²) >= 11 is 0. The van der Waals surface area contributed by atoms with Gasteiger partial charge in [-0.25, -0.2) is 0 Å². The van der Waals surface area contributed by atoms with Gasteiger partial charge in [0, 0.05) is 6.54 Å². The Morgan fingerprint density at radius 1 is 1.12 bits per heavy atom. The first-order valence-electron chi connectivity index (χ1n) is 5.25. The average Bonchev–Trinajstić information content (AvgIpc) is 2.47. The smallest absolute Gasteiger partial charge is 0.224 e. The second-order valence-corrected chi connectivity index (χ2v) is 3.75. The Kier molecular flexibility index (Phi) is 4.63. The summed E-state index contributed by atoms with van der Waals surface area (Å²) < 4.78 is 10.5. The molecule has 0 atom stereocenters. The summed E-state index contributed by atoms with van der Waals surface area (Å²) in [5, 5.41) is 2.85. The first kappa shape index (κ1) is 13.6. The number of amides is 1. The number of nitrogens with one attached hydrogen (secondary N) is 1. The summed E-state index contributed by atoms with van der Waals surface area (Å²) in [5.41, 5.74) is 2.17. The summed E-state index contributed by atoms with van der Waals surface area (Å²) in [6.45, 7) is 0.682. The van der Waals surface area contributed by atoms with Crippen molar-refractivity contribution in [3.63, 3.8) is 0 Å². The molecule has 1 aliphatic heterocycles. The predicted molar refractivity (Wildman–Crippen MR) is 67.2 cm³/mol. The molecular formula is C12H16ClNO3. The van der Waals surface area contributed by atoms with Crippen molar-refractivity contribution in [3.8, 4) is 11.5 Å². The molecule has 0 fully saturated rings. The molecule has 1 aliphatic rings. The standard InChI is InChI=1S/C12H15NO3.ClH/c1-15-10-5-8-3-4-13-12(14)7-9(8)6-11(10)16-2;/h5-6H,3-4,7H2,1-2H3,(H,13,14);1H. The highest BCUT2D eigenvalue weighted by Gasteiger charge is 2.16. The second kappa shape index (κ2) is 5.77. The molecule has 94 valence electrons. The SMILES string of the molecule is COc1cc2c(cc1OC)CC(=O)NCC2.Cl. The molecule has 4 nitrogen and oxygen atoms in total. The van der Waals surface area contributed by atoms with Crippen LogP contribution in [0.5, 0.6) is 11.5 Å². The van der Waals surface area contributed by atoms with Crippen molar-refractivity contribution in [2.24, 2.45) is 0 Å². The van der Waals surface area contributed by atoms with Crippen LogP contribution in [0.2, 0.25) is 0 Å². The normalized spacial score (nSPS) is 13.9. The summed E-state index contributed by atoms with van der Waals surface area (Å²) in [5.74, 6) is 1.46. The van der Waals surface area contributed by atoms with E-state index in [-0.39, 0.29) is 18.3 Å². The third-order valence-corrected chi connectivity index (χ3v) is 2.77. The van der Waals surface area contributed by atoms with Crippen molar-refractivity contribution in [1.29, 1.82) is 0 Å². The van der Waals surface area contributed by atoms with Gasteiger partial charge < -0.3 is 14.8 Å². The molecular weight excluding hydrogens is 242 g/mol. The quantitative estimate of drug-likeness (QED) is 0.870. The minimum atomic E-state index is 0. The van der Waals surface area contributed by atoms with Crippen molar-refractivity contribution in [3.05, 3.63) is 23.3 Å². The van der Waals surface area contributed by atoms with Gasteiger partial charge in [-0.2, -0.15) is 0 Å². The largest absolute Gasteiger partial charge is 0.493 e. The molecule has 0 spiro atoms. The van der Waals surface area contributed by atoms with Crippen molar-refractivity contribution in [1.82, 2.24) is 5.32 Å². The number of benzene rings is 1. The third-order valence-electron chi connectivity index (χ3n) is 2.77. The molecule has 0 saturated heterocycles. The topological polar surface area (TPSA) is 47.6 Å². The lowest BCUT2D eigenvalue weighted by atomic mass is 10.0. The number of carbonyl (C=O) groups is 1. The van der Waals surface area contributed by atoms with Crippen LogP contribution in [0.4, 0.5) is 0 Å². The number of halogens is 1. The van der Waals surface area contributed by atoms with E-state index in [0.29, 0.717) is 18.7 Å². The maximum absolute atomic E-state index is 11.4. The number of hydrogen-bond donors (Lipinski definition) is 1. The number of methoxy groups -OCH3 is 2. The van der Waals surface area contributed by atoms with Crippen LogP contribution in [0.25, 0.3) is 0 Å². The Morgan fingerprint density at radius 2 is 1.71 bits per heavy atom. The van der Waals surface area contributed by atoms with Crippen LogP contribution in [-0.2, 0) is 17.6 Å². The Morgan fingerprint density at radius 3 is 2.29 bits per heavy atom. The summed E-state index contributed by atoms with van der Waals surface area (Å²) in [7, 11) is 3.21. The number of ether oxygens (including phenoxy) is 2. The van der Waals surface area contributed by atoms with Crippen LogP contribution in [0.1, 0.15) is 11.1 Å². The van der Waals surface area contributed by atoms with Gasteiger partial charge in [0.2, 0.25) is 5.91 Å². The zero-order valence-corrected chi connectivity index (χ0v) is 10.7. The number of fused-ring (bicyclic) bond motifs is 1. The molecule has 0 aromatic heterocycles. The van der Waals surface area contributed by atoms with Gasteiger partial charge in [0.15, 0.2) is 11.5 Å². The minimum Gasteiger partial charge on any atom is -0.493 e. The van der Waals surface area contributed by atoms with Crippen LogP contribution in [0, 0.1) is 0 Å². The van der Waals surface area contributed by atoms with E-state index in [4.69, 9.17) is 9.47 Å². The fourth-order valence-corrected chi connectivity index (χ4v) is 1.93. The van der Waals surface area contributed by atoms with Crippen molar-refractivity contribution in [2.75, 3.05) is 20.8 Å². The zero-order chi connectivity index (χ0) is 11.5. The zero-order valence-electron chi connectivity index (χ0n) is 9.91. The minimum absolute atomic E-state index is 0. The summed E-state index contributed by atoms with van der Waals surface area (Å²) in [6, 6.07) is 3.84. The lowest BCUT2D eigenvalue weighted by Crippen LogP contribution is -2.24. The highest BCUT2D eigenvalue weighted by molar-refractivity contribution is 5.85. The predicted octanol–water partition coefficient (Wildman–Crippen LogP) is 1.34. The maximum Gasteiger partial charge on any atom is 0.224 e. The number of hydrogen-bond acceptors (Lipinski definition) is 3. The van der Waals surface area contributed by atoms with Crippen molar-refractivity contribution in [2.45, 2.75) is 12.8 Å². The van der Waals surface area contributed by atoms with Gasteiger partial charge in [0.05, 0.1) is 20.6 Å². The third kappa shape index (κ3) is 2.82. The molecule has 0 unspecified atom stereocenters. The average molecular weight is 258 g/mol. The monoisotopic (exact) mass is 257 g/mol. The van der Waals surface area contributed by atoms with Gasteiger partial charge in [-0.3, -0.25) is 4.79 Å². The van der Waals surface area contributed by atoms with Crippen LogP contribution in [-0.4, -0.2) is 26.7 Å². The van der Waals surface area contributed by atoms with Crippen LogP contribution >= 0.6 is 12.4 Å². The molecule has 17 heavy (non-hydrogen) atoms. The maximum atomic E-state index is 11.4. The molecule has 5 heteroatoms. The summed E-state index contributed by atoms with van der Waals surface area (Å²) in [6.07, 6.45) is 1.25. The molecule has 0 bridgehead atoms. The number of rotatable bonds is 2. The molecule has 1 amide bonds. The van der Waals surface area contributed by atoms with Gasteiger partial charge in [-0.05, 0) is 29.7 Å². The molecule has 1 aromatic carbocycles. The Balaban J connectivity index is 0.00000144. The van der Waals surface area contributed by atoms with Crippen LogP contribution in [0.3, 0.4) is 0 Å². The highest BCUT2D eigenvalue weighted by Crippen LogP contribution is 2.31. The molecule has 1 aromatic rings. The van der Waals surface area contributed by atoms with E-state index in [1.54, 1.807) is 14.2 Å². The van der Waals surface area contributed by atoms with Gasteiger partial charge >= 0.3 is 0 Å². The van der Waals surface area contributed by atoms with E-state index in [1.165, 1.54) is 0 Å². The fraction of sp³-hybridized carbons (Fsp3) is 0.417. The van der Waals surface area contributed by atoms with E-state index < -0.39 is 0 Å². The lowest BCUT2D eigenvalue weighted by Gasteiger charge is -2.12. The van der Waals surface area contributed by atoms with Crippen LogP contribution < -0.4 is 14.8 Å². The lowest BCUT2D eigenvalue weighted by molar-refractivity contribution is -0.120. The van der Waals surface area contributed by atoms with Gasteiger partial charge in [-0.15, -0.1) is 12.4 Å². The van der Waals surface area contributed by atoms with E-state index in [9.17, 15) is 4.79 Å². The molecule has 1 heterocycles. The van der Waals surface area contributed by atoms with E-state index in [1.807, 2.05) is 12.1 Å². The first-order valence-corrected chi connectivity index (χ1v) is 5.25. The van der Waals surface area contributed by atoms with Crippen molar-refractivity contribution < 1.29 is 14.3 Å². The Labute approximate surface area is 107 Å². The number of carbonyl (C=O) groups excluding carboxylic acids is 1. The van der Waals surface area contributed by atoms with Gasteiger partial charge in [-0.1, -0.05) is 0 Å². The first-order chi connectivity index (χ1) is 7.74. The van der Waals surface area contributed by atoms with Crippen LogP contribution in [0.15, 0.2) is 12.1 Å². The highest BCUT2D eigenvalue weighted by atomic mass is 35.5. The summed E-state index contributed by atoms with van der Waals surface area (Å²) in [4.78, 5) is 11.4. The molecule has 0 saturated carbocycles. The van der Waals surface area contributed by atoms with Gasteiger partial charge in [0.25, 0.3) is 0 Å². The molecule has 1 N–H and O–H groups in total. The fourth-order valence-electron chi connectivity index (χ4n) is 1.93. The van der Waals surface area contributed by atoms with Crippen molar-refractivity contribution >= 4 is 18.3 Å². The molecule has 0 radical (unpaired) electrons. The molecule has 0 aliphatic carbocycles. The van der Waals surface area contributed by atoms with E-state index >= 15 is 0 Å². The second-order valence-electron chi connectivity index (χ2n) is 3.75. The molecule has 2 rings (SSSR count). The van der Waals surface area contributed by atoms with Gasteiger partial charge in [0.1, 0.15) is 0 Å². The van der Waals surface area contributed by atoms with E-state index in [2.05, 4.69) is 5.32 Å². The van der Waals surface area contributed by atoms with E-state index in [0.717, 1.165) is 23.3 Å². The Hall–Kier alpha value is -1.42.